The second-order valence-electron chi connectivity index (χ2n) is 6.63. The third-order valence-corrected chi connectivity index (χ3v) is 5.85. The van der Waals surface area contributed by atoms with Crippen LogP contribution in [0.25, 0.3) is 11.0 Å². The molecule has 1 aromatic heterocycles. The van der Waals surface area contributed by atoms with Crippen molar-refractivity contribution in [3.63, 3.8) is 0 Å². The number of carbonyl (C=O) groups is 1. The number of amides is 1. The van der Waals surface area contributed by atoms with Gasteiger partial charge in [-0.15, -0.1) is 11.8 Å². The van der Waals surface area contributed by atoms with Crippen LogP contribution >= 0.6 is 11.8 Å². The Morgan fingerprint density at radius 1 is 1.14 bits per heavy atom. The van der Waals surface area contributed by atoms with E-state index in [9.17, 15) is 9.59 Å². The number of aryl methyl sites for hydroxylation is 2. The zero-order valence-corrected chi connectivity index (χ0v) is 17.4. The fourth-order valence-electron chi connectivity index (χ4n) is 3.03. The largest absolute Gasteiger partial charge is 0.497 e. The predicted octanol–water partition coefficient (Wildman–Crippen LogP) is 4.03. The van der Waals surface area contributed by atoms with Crippen molar-refractivity contribution in [2.24, 2.45) is 14.1 Å². The van der Waals surface area contributed by atoms with E-state index in [4.69, 9.17) is 4.74 Å². The number of ether oxygens (including phenoxy) is 1. The van der Waals surface area contributed by atoms with Crippen molar-refractivity contribution >= 4 is 34.4 Å². The molecular weight excluding hydrogens is 374 g/mol. The van der Waals surface area contributed by atoms with Gasteiger partial charge in [0.2, 0.25) is 0 Å². The van der Waals surface area contributed by atoms with Crippen LogP contribution in [0.2, 0.25) is 0 Å². The van der Waals surface area contributed by atoms with Crippen LogP contribution in [-0.4, -0.2) is 27.9 Å². The smallest absolute Gasteiger partial charge is 0.328 e. The van der Waals surface area contributed by atoms with Crippen LogP contribution < -0.4 is 15.7 Å². The maximum absolute atomic E-state index is 12.8. The van der Waals surface area contributed by atoms with Crippen LogP contribution in [0.1, 0.15) is 30.1 Å². The number of anilines is 1. The first-order valence-electron chi connectivity index (χ1n) is 9.24. The molecule has 0 aliphatic rings. The summed E-state index contributed by atoms with van der Waals surface area (Å²) in [6.07, 6.45) is 2.18. The first kappa shape index (κ1) is 20.1. The molecule has 28 heavy (non-hydrogen) atoms. The lowest BCUT2D eigenvalue weighted by Gasteiger charge is -2.13. The number of fused-ring (bicyclic) bond motifs is 1. The molecule has 7 heteroatoms. The number of aromatic nitrogens is 2. The van der Waals surface area contributed by atoms with Crippen molar-refractivity contribution in [3.05, 3.63) is 52.4 Å². The molecule has 0 unspecified atom stereocenters. The average Bonchev–Trinajstić information content (AvgIpc) is 2.92. The van der Waals surface area contributed by atoms with E-state index in [-0.39, 0.29) is 11.6 Å². The molecule has 3 rings (SSSR count). The molecule has 2 aromatic carbocycles. The highest BCUT2D eigenvalue weighted by molar-refractivity contribution is 7.99. The summed E-state index contributed by atoms with van der Waals surface area (Å²) in [5.41, 5.74) is 2.78. The molecule has 6 nitrogen and oxygen atoms in total. The van der Waals surface area contributed by atoms with Gasteiger partial charge < -0.3 is 10.1 Å². The summed E-state index contributed by atoms with van der Waals surface area (Å²) in [7, 11) is 5.07. The van der Waals surface area contributed by atoms with Crippen molar-refractivity contribution in [2.75, 3.05) is 18.2 Å². The Morgan fingerprint density at radius 2 is 1.86 bits per heavy atom. The second kappa shape index (κ2) is 8.56. The molecule has 0 aliphatic heterocycles. The Balaban J connectivity index is 2.01. The van der Waals surface area contributed by atoms with Gasteiger partial charge in [-0.05, 0) is 42.5 Å². The quantitative estimate of drug-likeness (QED) is 0.481. The second-order valence-corrected chi connectivity index (χ2v) is 7.76. The Morgan fingerprint density at radius 3 is 2.54 bits per heavy atom. The summed E-state index contributed by atoms with van der Waals surface area (Å²) in [6.45, 7) is 2.15. The lowest BCUT2D eigenvalue weighted by atomic mass is 10.2. The monoisotopic (exact) mass is 399 g/mol. The molecule has 0 saturated carbocycles. The van der Waals surface area contributed by atoms with Gasteiger partial charge in [-0.25, -0.2) is 4.79 Å². The molecule has 0 spiro atoms. The third-order valence-electron chi connectivity index (χ3n) is 4.71. The number of hydrogen-bond acceptors (Lipinski definition) is 4. The molecule has 1 heterocycles. The number of imidazole rings is 1. The van der Waals surface area contributed by atoms with Crippen molar-refractivity contribution in [1.82, 2.24) is 9.13 Å². The van der Waals surface area contributed by atoms with E-state index in [2.05, 4.69) is 12.2 Å². The van der Waals surface area contributed by atoms with Crippen molar-refractivity contribution < 1.29 is 9.53 Å². The Hall–Kier alpha value is -2.67. The van der Waals surface area contributed by atoms with E-state index in [1.54, 1.807) is 66.4 Å². The van der Waals surface area contributed by atoms with Gasteiger partial charge in [-0.3, -0.25) is 13.9 Å². The van der Waals surface area contributed by atoms with Crippen LogP contribution in [0, 0.1) is 0 Å². The summed E-state index contributed by atoms with van der Waals surface area (Å²) in [5, 5.41) is 3.01. The Bertz CT molecular complexity index is 1070. The van der Waals surface area contributed by atoms with E-state index in [0.29, 0.717) is 17.0 Å². The number of unbranched alkanes of at least 4 members (excludes halogenated alkanes) is 1. The topological polar surface area (TPSA) is 65.3 Å². The number of methoxy groups -OCH3 is 1. The molecule has 0 fully saturated rings. The molecule has 0 bridgehead atoms. The minimum absolute atomic E-state index is 0.0872. The standard InChI is InChI=1S/C21H25N3O3S/c1-5-6-10-28-19-13-18-17(23(2)21(26)24(18)3)12-16(19)22-20(25)14-8-7-9-15(11-14)27-4/h7-9,11-13H,5-6,10H2,1-4H3,(H,22,25). The SMILES string of the molecule is CCCCSc1cc2c(cc1NC(=O)c1cccc(OC)c1)n(C)c(=O)n2C. The first-order chi connectivity index (χ1) is 13.5. The van der Waals surface area contributed by atoms with Gasteiger partial charge in [-0.2, -0.15) is 0 Å². The highest BCUT2D eigenvalue weighted by Crippen LogP contribution is 2.32. The zero-order valence-electron chi connectivity index (χ0n) is 16.6. The fraction of sp³-hybridized carbons (Fsp3) is 0.333. The summed E-state index contributed by atoms with van der Waals surface area (Å²) in [6, 6.07) is 10.9. The van der Waals surface area contributed by atoms with Gasteiger partial charge in [0.15, 0.2) is 0 Å². The summed E-state index contributed by atoms with van der Waals surface area (Å²) >= 11 is 1.69. The van der Waals surface area contributed by atoms with Gasteiger partial charge in [-0.1, -0.05) is 19.4 Å². The van der Waals surface area contributed by atoms with Gasteiger partial charge >= 0.3 is 5.69 Å². The van der Waals surface area contributed by atoms with Crippen LogP contribution in [-0.2, 0) is 14.1 Å². The molecule has 1 amide bonds. The maximum Gasteiger partial charge on any atom is 0.328 e. The van der Waals surface area contributed by atoms with Crippen LogP contribution in [0.3, 0.4) is 0 Å². The normalized spacial score (nSPS) is 11.0. The average molecular weight is 400 g/mol. The lowest BCUT2D eigenvalue weighted by molar-refractivity contribution is 0.102. The highest BCUT2D eigenvalue weighted by Gasteiger charge is 2.15. The van der Waals surface area contributed by atoms with Gasteiger partial charge in [0, 0.05) is 24.6 Å². The fourth-order valence-corrected chi connectivity index (χ4v) is 4.14. The Kier molecular flexibility index (Phi) is 6.14. The van der Waals surface area contributed by atoms with Crippen molar-refractivity contribution in [1.29, 1.82) is 0 Å². The molecule has 148 valence electrons. The minimum atomic E-state index is -0.212. The summed E-state index contributed by atoms with van der Waals surface area (Å²) < 4.78 is 8.43. The first-order valence-corrected chi connectivity index (χ1v) is 10.2. The van der Waals surface area contributed by atoms with Crippen molar-refractivity contribution in [3.8, 4) is 5.75 Å². The number of nitrogens with zero attached hydrogens (tertiary/aromatic N) is 2. The van der Waals surface area contributed by atoms with Gasteiger partial charge in [0.05, 0.1) is 23.8 Å². The number of rotatable bonds is 7. The maximum atomic E-state index is 12.8. The van der Waals surface area contributed by atoms with E-state index >= 15 is 0 Å². The number of hydrogen-bond donors (Lipinski definition) is 1. The number of nitrogens with one attached hydrogen (secondary N) is 1. The van der Waals surface area contributed by atoms with E-state index in [0.717, 1.165) is 34.5 Å². The molecule has 0 atom stereocenters. The molecule has 0 saturated heterocycles. The van der Waals surface area contributed by atoms with Crippen LogP contribution in [0.5, 0.6) is 5.75 Å². The van der Waals surface area contributed by atoms with E-state index < -0.39 is 0 Å². The lowest BCUT2D eigenvalue weighted by Crippen LogP contribution is -2.19. The van der Waals surface area contributed by atoms with Crippen LogP contribution in [0.4, 0.5) is 5.69 Å². The Labute approximate surface area is 168 Å². The summed E-state index contributed by atoms with van der Waals surface area (Å²) in [4.78, 5) is 26.1. The minimum Gasteiger partial charge on any atom is -0.497 e. The van der Waals surface area contributed by atoms with Gasteiger partial charge in [0.1, 0.15) is 5.75 Å². The molecule has 0 radical (unpaired) electrons. The molecule has 3 aromatic rings. The highest BCUT2D eigenvalue weighted by atomic mass is 32.2. The zero-order chi connectivity index (χ0) is 20.3. The number of benzene rings is 2. The molecular formula is C21H25N3O3S. The van der Waals surface area contributed by atoms with Crippen LogP contribution in [0.15, 0.2) is 46.1 Å². The summed E-state index contributed by atoms with van der Waals surface area (Å²) in [5.74, 6) is 1.37. The van der Waals surface area contributed by atoms with E-state index in [1.165, 1.54) is 0 Å². The third kappa shape index (κ3) is 3.94. The number of thioether (sulfide) groups is 1. The van der Waals surface area contributed by atoms with E-state index in [1.807, 2.05) is 12.1 Å². The number of carbonyl (C=O) groups excluding carboxylic acids is 1. The van der Waals surface area contributed by atoms with Crippen molar-refractivity contribution in [2.45, 2.75) is 24.7 Å². The molecule has 1 N–H and O–H groups in total. The predicted molar refractivity (Wildman–Crippen MR) is 115 cm³/mol. The molecule has 0 aliphatic carbocycles. The van der Waals surface area contributed by atoms with Gasteiger partial charge in [0.25, 0.3) is 5.91 Å².